The minimum atomic E-state index is -1.08. The maximum atomic E-state index is 12.7. The monoisotopic (exact) mass is 500 g/mol. The zero-order valence-corrected chi connectivity index (χ0v) is 20.3. The summed E-state index contributed by atoms with van der Waals surface area (Å²) in [6.07, 6.45) is 1.63. The highest BCUT2D eigenvalue weighted by Gasteiger charge is 2.27. The molecule has 0 radical (unpaired) electrons. The molecular weight excluding hydrogens is 468 g/mol. The average Bonchev–Trinajstić information content (AvgIpc) is 3.11. The van der Waals surface area contributed by atoms with Crippen molar-refractivity contribution < 1.29 is 38.8 Å². The van der Waals surface area contributed by atoms with E-state index in [2.05, 4.69) is 17.4 Å². The fraction of sp³-hybridized carbons (Fsp3) is 0.423. The third kappa shape index (κ3) is 7.61. The summed E-state index contributed by atoms with van der Waals surface area (Å²) in [6, 6.07) is 12.0. The Morgan fingerprint density at radius 1 is 1.03 bits per heavy atom. The van der Waals surface area contributed by atoms with E-state index in [9.17, 15) is 14.4 Å². The van der Waals surface area contributed by atoms with Crippen molar-refractivity contribution in [2.75, 3.05) is 44.9 Å². The van der Waals surface area contributed by atoms with E-state index in [1.165, 1.54) is 11.1 Å². The number of benzene rings is 2. The topological polar surface area (TPSA) is 135 Å². The minimum Gasteiger partial charge on any atom is -0.496 e. The molecule has 0 atom stereocenters. The molecule has 3 N–H and O–H groups in total. The molecule has 0 saturated heterocycles. The van der Waals surface area contributed by atoms with Gasteiger partial charge >= 0.3 is 18.0 Å². The van der Waals surface area contributed by atoms with Gasteiger partial charge in [0.15, 0.2) is 0 Å². The molecule has 36 heavy (non-hydrogen) atoms. The van der Waals surface area contributed by atoms with Gasteiger partial charge in [-0.1, -0.05) is 18.2 Å². The highest BCUT2D eigenvalue weighted by Crippen LogP contribution is 2.35. The number of anilines is 1. The molecule has 0 unspecified atom stereocenters. The molecule has 0 aromatic heterocycles. The SMILES string of the molecule is COc1ccccc1CCOC(=O)N1CCOc2cc3c(cc21)CCNCC3.O=C(O)CCC(=O)O. The predicted molar refractivity (Wildman–Crippen MR) is 132 cm³/mol. The number of hydrogen-bond acceptors (Lipinski definition) is 7. The van der Waals surface area contributed by atoms with Crippen LogP contribution in [0.15, 0.2) is 36.4 Å². The van der Waals surface area contributed by atoms with E-state index < -0.39 is 11.9 Å². The molecule has 0 bridgehead atoms. The third-order valence-corrected chi connectivity index (χ3v) is 5.85. The normalized spacial score (nSPS) is 14.1. The van der Waals surface area contributed by atoms with Gasteiger partial charge in [-0.25, -0.2) is 4.79 Å². The Kier molecular flexibility index (Phi) is 9.93. The standard InChI is InChI=1S/C22H26N2O4.C4H6O4/c1-26-20-5-3-2-4-16(20)8-12-28-22(25)24-11-13-27-21-15-18-7-10-23-9-6-17(18)14-19(21)24;5-3(6)1-2-4(7)8/h2-5,14-15,23H,6-13H2,1H3;1-2H2,(H,5,6)(H,7,8). The number of methoxy groups -OCH3 is 1. The van der Waals surface area contributed by atoms with E-state index in [-0.39, 0.29) is 18.9 Å². The molecule has 0 fully saturated rings. The van der Waals surface area contributed by atoms with E-state index in [4.69, 9.17) is 24.4 Å². The molecular formula is C26H32N2O8. The summed E-state index contributed by atoms with van der Waals surface area (Å²) in [6.45, 7) is 3.21. The second-order valence-electron chi connectivity index (χ2n) is 8.30. The van der Waals surface area contributed by atoms with Crippen molar-refractivity contribution in [2.45, 2.75) is 32.1 Å². The Morgan fingerprint density at radius 3 is 2.36 bits per heavy atom. The van der Waals surface area contributed by atoms with Crippen molar-refractivity contribution in [3.63, 3.8) is 0 Å². The van der Waals surface area contributed by atoms with Gasteiger partial charge in [0.25, 0.3) is 0 Å². The molecule has 4 rings (SSSR count). The summed E-state index contributed by atoms with van der Waals surface area (Å²) in [5.74, 6) is -0.569. The van der Waals surface area contributed by atoms with Crippen molar-refractivity contribution >= 4 is 23.7 Å². The lowest BCUT2D eigenvalue weighted by atomic mass is 10.0. The average molecular weight is 501 g/mol. The summed E-state index contributed by atoms with van der Waals surface area (Å²) in [5, 5.41) is 19.2. The molecule has 2 aromatic rings. The van der Waals surface area contributed by atoms with Crippen LogP contribution in [-0.2, 0) is 33.6 Å². The van der Waals surface area contributed by atoms with Gasteiger partial charge in [-0.05, 0) is 60.8 Å². The van der Waals surface area contributed by atoms with Crippen LogP contribution in [0.3, 0.4) is 0 Å². The van der Waals surface area contributed by atoms with Crippen molar-refractivity contribution in [3.05, 3.63) is 53.1 Å². The van der Waals surface area contributed by atoms with Gasteiger partial charge in [0, 0.05) is 6.42 Å². The summed E-state index contributed by atoms with van der Waals surface area (Å²) in [4.78, 5) is 33.7. The first kappa shape index (κ1) is 26.8. The number of fused-ring (bicyclic) bond motifs is 2. The van der Waals surface area contributed by atoms with Gasteiger partial charge in [0.2, 0.25) is 0 Å². The van der Waals surface area contributed by atoms with Crippen LogP contribution >= 0.6 is 0 Å². The third-order valence-electron chi connectivity index (χ3n) is 5.85. The number of nitrogens with zero attached hydrogens (tertiary/aromatic N) is 1. The van der Waals surface area contributed by atoms with E-state index in [1.54, 1.807) is 12.0 Å². The van der Waals surface area contributed by atoms with Crippen LogP contribution in [-0.4, -0.2) is 68.2 Å². The lowest BCUT2D eigenvalue weighted by molar-refractivity contribution is -0.143. The maximum absolute atomic E-state index is 12.7. The fourth-order valence-corrected chi connectivity index (χ4v) is 4.02. The number of carboxylic acids is 2. The van der Waals surface area contributed by atoms with E-state index in [0.717, 1.165) is 48.7 Å². The molecule has 2 heterocycles. The highest BCUT2D eigenvalue weighted by molar-refractivity contribution is 5.90. The first-order valence-corrected chi connectivity index (χ1v) is 11.9. The van der Waals surface area contributed by atoms with Crippen LogP contribution in [0.5, 0.6) is 11.5 Å². The van der Waals surface area contributed by atoms with Crippen molar-refractivity contribution in [2.24, 2.45) is 0 Å². The minimum absolute atomic E-state index is 0.296. The Hall–Kier alpha value is -3.79. The van der Waals surface area contributed by atoms with Gasteiger partial charge in [-0.15, -0.1) is 0 Å². The highest BCUT2D eigenvalue weighted by atomic mass is 16.6. The second kappa shape index (κ2) is 13.3. The van der Waals surface area contributed by atoms with Gasteiger partial charge in [-0.2, -0.15) is 0 Å². The predicted octanol–water partition coefficient (Wildman–Crippen LogP) is 2.90. The zero-order chi connectivity index (χ0) is 25.9. The molecule has 0 saturated carbocycles. The summed E-state index contributed by atoms with van der Waals surface area (Å²) in [5.41, 5.74) is 4.42. The molecule has 2 aromatic carbocycles. The zero-order valence-electron chi connectivity index (χ0n) is 20.3. The van der Waals surface area contributed by atoms with Gasteiger partial charge < -0.3 is 29.7 Å². The number of para-hydroxylation sites is 1. The van der Waals surface area contributed by atoms with Crippen LogP contribution in [0, 0.1) is 0 Å². The van der Waals surface area contributed by atoms with Crippen molar-refractivity contribution in [1.82, 2.24) is 5.32 Å². The largest absolute Gasteiger partial charge is 0.496 e. The number of aliphatic carboxylic acids is 2. The Balaban J connectivity index is 0.000000392. The van der Waals surface area contributed by atoms with E-state index >= 15 is 0 Å². The molecule has 0 aliphatic carbocycles. The number of nitrogens with one attached hydrogen (secondary N) is 1. The number of carbonyl (C=O) groups excluding carboxylic acids is 1. The molecule has 1 amide bonds. The van der Waals surface area contributed by atoms with Gasteiger partial charge in [0.05, 0.1) is 38.8 Å². The molecule has 194 valence electrons. The van der Waals surface area contributed by atoms with Crippen LogP contribution in [0.25, 0.3) is 0 Å². The summed E-state index contributed by atoms with van der Waals surface area (Å²) in [7, 11) is 1.65. The van der Waals surface area contributed by atoms with E-state index in [0.29, 0.717) is 26.2 Å². The van der Waals surface area contributed by atoms with Gasteiger partial charge in [-0.3, -0.25) is 14.5 Å². The summed E-state index contributed by atoms with van der Waals surface area (Å²) >= 11 is 0. The molecule has 2 aliphatic heterocycles. The lowest BCUT2D eigenvalue weighted by Crippen LogP contribution is -2.38. The Labute approximate surface area is 209 Å². The fourth-order valence-electron chi connectivity index (χ4n) is 4.02. The van der Waals surface area contributed by atoms with Gasteiger partial charge in [0.1, 0.15) is 18.1 Å². The molecule has 10 nitrogen and oxygen atoms in total. The second-order valence-corrected chi connectivity index (χ2v) is 8.30. The van der Waals surface area contributed by atoms with Crippen molar-refractivity contribution in [3.8, 4) is 11.5 Å². The number of rotatable bonds is 7. The number of carbonyl (C=O) groups is 3. The van der Waals surface area contributed by atoms with Crippen molar-refractivity contribution in [1.29, 1.82) is 0 Å². The molecule has 0 spiro atoms. The Morgan fingerprint density at radius 2 is 1.69 bits per heavy atom. The smallest absolute Gasteiger partial charge is 0.414 e. The molecule has 2 aliphatic rings. The number of carboxylic acid groups (broad SMARTS) is 2. The first-order chi connectivity index (χ1) is 17.4. The van der Waals surface area contributed by atoms with Crippen LogP contribution in [0.2, 0.25) is 0 Å². The summed E-state index contributed by atoms with van der Waals surface area (Å²) < 4.78 is 16.8. The van der Waals surface area contributed by atoms with Crippen LogP contribution in [0.1, 0.15) is 29.5 Å². The number of hydrogen-bond donors (Lipinski definition) is 3. The maximum Gasteiger partial charge on any atom is 0.414 e. The number of ether oxygens (including phenoxy) is 3. The molecule has 10 heteroatoms. The quantitative estimate of drug-likeness (QED) is 0.524. The van der Waals surface area contributed by atoms with E-state index in [1.807, 2.05) is 24.3 Å². The first-order valence-electron chi connectivity index (χ1n) is 11.9. The Bertz CT molecular complexity index is 1060. The number of amides is 1. The van der Waals surface area contributed by atoms with Crippen LogP contribution in [0.4, 0.5) is 10.5 Å². The van der Waals surface area contributed by atoms with Crippen LogP contribution < -0.4 is 19.7 Å². The lowest BCUT2D eigenvalue weighted by Gasteiger charge is -2.30.